The highest BCUT2D eigenvalue weighted by Gasteiger charge is 2.55. The van der Waals surface area contributed by atoms with Gasteiger partial charge in [0.1, 0.15) is 3.58 Å². The molecule has 0 amide bonds. The Hall–Kier alpha value is -1.24. The van der Waals surface area contributed by atoms with Gasteiger partial charge in [0.2, 0.25) is 5.88 Å². The van der Waals surface area contributed by atoms with Gasteiger partial charge in [0.25, 0.3) is 12.2 Å². The third-order valence-corrected chi connectivity index (χ3v) is 5.98. The molecular formula is C13H16F2IN2O7P. The quantitative estimate of drug-likeness (QED) is 0.422. The van der Waals surface area contributed by atoms with Gasteiger partial charge in [-0.3, -0.25) is 9.13 Å². The number of hydrogen-bond donors (Lipinski definition) is 1. The Morgan fingerprint density at radius 1 is 1.42 bits per heavy atom. The molecule has 1 atom stereocenters. The average molecular weight is 508 g/mol. The minimum atomic E-state index is -3.65. The molecule has 0 aromatic carbocycles. The fourth-order valence-electron chi connectivity index (χ4n) is 2.03. The van der Waals surface area contributed by atoms with E-state index in [1.165, 1.54) is 22.6 Å². The summed E-state index contributed by atoms with van der Waals surface area (Å²) in [6, 6.07) is 0.963. The van der Waals surface area contributed by atoms with Crippen LogP contribution in [0.15, 0.2) is 26.6 Å². The first kappa shape index (κ1) is 21.1. The molecule has 9 nitrogen and oxygen atoms in total. The van der Waals surface area contributed by atoms with Crippen molar-refractivity contribution in [1.29, 1.82) is 0 Å². The van der Waals surface area contributed by atoms with E-state index in [2.05, 4.69) is 4.98 Å². The Labute approximate surface area is 160 Å². The number of aromatic nitrogens is 2. The first-order valence-electron chi connectivity index (χ1n) is 7.38. The molecule has 1 aromatic heterocycles. The zero-order chi connectivity index (χ0) is 19.5. The van der Waals surface area contributed by atoms with Crippen molar-refractivity contribution < 1.29 is 37.0 Å². The third-order valence-electron chi connectivity index (χ3n) is 3.07. The molecule has 1 N–H and O–H groups in total. The molecule has 1 unspecified atom stereocenters. The van der Waals surface area contributed by atoms with Crippen LogP contribution in [0.4, 0.5) is 8.78 Å². The molecular weight excluding hydrogens is 492 g/mol. The van der Waals surface area contributed by atoms with E-state index in [4.69, 9.17) is 23.6 Å². The topological polar surface area (TPSA) is 109 Å². The minimum Gasteiger partial charge on any atom is -0.493 e. The van der Waals surface area contributed by atoms with Crippen LogP contribution in [-0.4, -0.2) is 40.1 Å². The normalized spacial score (nSPS) is 19.5. The van der Waals surface area contributed by atoms with Crippen molar-refractivity contribution in [3.8, 4) is 5.88 Å². The molecule has 0 fully saturated rings. The van der Waals surface area contributed by atoms with Crippen LogP contribution in [0.25, 0.3) is 0 Å². The van der Waals surface area contributed by atoms with Gasteiger partial charge >= 0.3 is 19.2 Å². The van der Waals surface area contributed by atoms with Crippen molar-refractivity contribution in [2.24, 2.45) is 0 Å². The Bertz CT molecular complexity index is 791. The van der Waals surface area contributed by atoms with Crippen LogP contribution in [0.1, 0.15) is 20.1 Å². The first-order valence-corrected chi connectivity index (χ1v) is 10.2. The molecule has 0 saturated heterocycles. The molecule has 0 aliphatic carbocycles. The maximum absolute atomic E-state index is 14.5. The summed E-state index contributed by atoms with van der Waals surface area (Å²) >= 11 is 1.31. The Morgan fingerprint density at radius 3 is 2.58 bits per heavy atom. The van der Waals surface area contributed by atoms with Crippen LogP contribution in [-0.2, 0) is 23.1 Å². The number of hydrogen-bond acceptors (Lipinski definition) is 8. The van der Waals surface area contributed by atoms with Crippen molar-refractivity contribution in [1.82, 2.24) is 9.55 Å². The van der Waals surface area contributed by atoms with Crippen LogP contribution in [0.2, 0.25) is 0 Å². The van der Waals surface area contributed by atoms with E-state index in [1.807, 2.05) is 0 Å². The molecule has 146 valence electrons. The lowest BCUT2D eigenvalue weighted by molar-refractivity contribution is -0.118. The minimum absolute atomic E-state index is 0.0744. The maximum atomic E-state index is 14.5. The summed E-state index contributed by atoms with van der Waals surface area (Å²) in [7, 11) is -3.65. The van der Waals surface area contributed by atoms with E-state index in [1.54, 1.807) is 13.8 Å². The summed E-state index contributed by atoms with van der Waals surface area (Å²) in [5.74, 6) is -4.82. The molecule has 13 heteroatoms. The molecule has 1 aliphatic rings. The highest BCUT2D eigenvalue weighted by Crippen LogP contribution is 2.52. The van der Waals surface area contributed by atoms with Gasteiger partial charge in [-0.2, -0.15) is 13.8 Å². The smallest absolute Gasteiger partial charge is 0.367 e. The second-order valence-electron chi connectivity index (χ2n) is 4.89. The van der Waals surface area contributed by atoms with Gasteiger partial charge in [-0.1, -0.05) is 0 Å². The number of halogens is 3. The van der Waals surface area contributed by atoms with E-state index in [-0.39, 0.29) is 13.2 Å². The van der Waals surface area contributed by atoms with Crippen molar-refractivity contribution in [3.63, 3.8) is 0 Å². The lowest BCUT2D eigenvalue weighted by Gasteiger charge is -2.21. The zero-order valence-corrected chi connectivity index (χ0v) is 16.8. The van der Waals surface area contributed by atoms with Gasteiger partial charge in [-0.15, -0.1) is 0 Å². The van der Waals surface area contributed by atoms with E-state index >= 15 is 0 Å². The second kappa shape index (κ2) is 8.19. The SMILES string of the molecule is CCOP(=O)(COC1=C(I)C(F)(F)C(n2ccc(O)nc2=O)O1)OCC. The molecule has 1 aromatic rings. The Balaban J connectivity index is 2.22. The predicted molar refractivity (Wildman–Crippen MR) is 93.1 cm³/mol. The largest absolute Gasteiger partial charge is 0.493 e. The van der Waals surface area contributed by atoms with Gasteiger partial charge in [-0.05, 0) is 36.4 Å². The second-order valence-corrected chi connectivity index (χ2v) is 7.97. The molecule has 2 rings (SSSR count). The van der Waals surface area contributed by atoms with Gasteiger partial charge in [0.05, 0.1) is 13.2 Å². The molecule has 2 heterocycles. The Morgan fingerprint density at radius 2 is 2.04 bits per heavy atom. The average Bonchev–Trinajstić information content (AvgIpc) is 2.77. The molecule has 0 saturated carbocycles. The molecule has 0 spiro atoms. The van der Waals surface area contributed by atoms with E-state index < -0.39 is 47.2 Å². The van der Waals surface area contributed by atoms with E-state index in [0.29, 0.717) is 4.57 Å². The summed E-state index contributed by atoms with van der Waals surface area (Å²) in [5, 5.41) is 9.14. The lowest BCUT2D eigenvalue weighted by Crippen LogP contribution is -2.35. The fraction of sp³-hybridized carbons (Fsp3) is 0.538. The van der Waals surface area contributed by atoms with Gasteiger partial charge in [-0.25, -0.2) is 4.79 Å². The van der Waals surface area contributed by atoms with Crippen LogP contribution in [0.3, 0.4) is 0 Å². The van der Waals surface area contributed by atoms with Crippen molar-refractivity contribution >= 4 is 30.2 Å². The molecule has 0 bridgehead atoms. The van der Waals surface area contributed by atoms with Crippen molar-refractivity contribution in [2.75, 3.05) is 19.6 Å². The van der Waals surface area contributed by atoms with Gasteiger partial charge < -0.3 is 23.6 Å². The maximum Gasteiger partial charge on any atom is 0.367 e. The monoisotopic (exact) mass is 508 g/mol. The summed E-state index contributed by atoms with van der Waals surface area (Å²) in [4.78, 5) is 14.9. The molecule has 0 radical (unpaired) electrons. The molecule has 1 aliphatic heterocycles. The van der Waals surface area contributed by atoms with Crippen LogP contribution in [0.5, 0.6) is 5.88 Å². The lowest BCUT2D eigenvalue weighted by atomic mass is 10.3. The standard InChI is InChI=1S/C13H16F2IN2O7P/c1-3-23-26(21,24-4-2)7-22-10-9(16)13(14,15)11(25-10)18-6-5-8(19)17-12(18)20/h5-6,11H,3-4,7H2,1-2H3,(H,17,19,20). The number of ether oxygens (including phenoxy) is 2. The first-order chi connectivity index (χ1) is 12.1. The highest BCUT2D eigenvalue weighted by molar-refractivity contribution is 14.1. The van der Waals surface area contributed by atoms with Crippen molar-refractivity contribution in [2.45, 2.75) is 26.0 Å². The number of nitrogens with zero attached hydrogens (tertiary/aromatic N) is 2. The van der Waals surface area contributed by atoms with Crippen LogP contribution >= 0.6 is 30.2 Å². The number of aromatic hydroxyl groups is 1. The Kier molecular flexibility index (Phi) is 6.64. The molecule has 26 heavy (non-hydrogen) atoms. The predicted octanol–water partition coefficient (Wildman–Crippen LogP) is 2.96. The summed E-state index contributed by atoms with van der Waals surface area (Å²) < 4.78 is 61.4. The number of rotatable bonds is 8. The number of alkyl halides is 2. The van der Waals surface area contributed by atoms with Gasteiger partial charge in [0.15, 0.2) is 6.35 Å². The summed E-state index contributed by atoms with van der Waals surface area (Å²) in [6.45, 7) is 3.33. The van der Waals surface area contributed by atoms with E-state index in [9.17, 15) is 18.1 Å². The zero-order valence-electron chi connectivity index (χ0n) is 13.7. The fourth-order valence-corrected chi connectivity index (χ4v) is 3.86. The van der Waals surface area contributed by atoms with Crippen LogP contribution in [0, 0.1) is 0 Å². The van der Waals surface area contributed by atoms with Crippen molar-refractivity contribution in [3.05, 3.63) is 32.3 Å². The van der Waals surface area contributed by atoms with Gasteiger partial charge in [0, 0.05) is 12.3 Å². The van der Waals surface area contributed by atoms with E-state index in [0.717, 1.165) is 12.3 Å². The van der Waals surface area contributed by atoms with Crippen LogP contribution < -0.4 is 5.69 Å². The third kappa shape index (κ3) is 4.35. The highest BCUT2D eigenvalue weighted by atomic mass is 127. The summed E-state index contributed by atoms with van der Waals surface area (Å²) in [6.07, 6.45) is -1.78. The summed E-state index contributed by atoms with van der Waals surface area (Å²) in [5.41, 5.74) is -1.13.